The molecule has 0 fully saturated rings. The Morgan fingerprint density at radius 1 is 0.870 bits per heavy atom. The molecule has 0 aliphatic heterocycles. The average Bonchev–Trinajstić information content (AvgIpc) is 2.49. The van der Waals surface area contributed by atoms with Gasteiger partial charge in [-0.15, -0.1) is 0 Å². The van der Waals surface area contributed by atoms with E-state index in [9.17, 15) is 9.59 Å². The highest BCUT2D eigenvalue weighted by Gasteiger charge is 2.21. The summed E-state index contributed by atoms with van der Waals surface area (Å²) in [4.78, 5) is 24.1. The van der Waals surface area contributed by atoms with E-state index >= 15 is 0 Å². The number of carbonyl (C=O) groups is 2. The van der Waals surface area contributed by atoms with E-state index in [-0.39, 0.29) is 5.41 Å². The van der Waals surface area contributed by atoms with Crippen molar-refractivity contribution >= 4 is 34.8 Å². The number of nitrogens with one attached hydrogen (secondary N) is 2. The predicted molar refractivity (Wildman–Crippen MR) is 93.9 cm³/mol. The standard InChI is InChI=1S/C18H19ClN2O2/c1-18(2,3)14-6-4-5-7-15(14)21-17(23)16(22)20-13-10-8-12(19)9-11-13/h4-11H,1-3H3,(H,20,22)(H,21,23). The third-order valence-corrected chi connectivity index (χ3v) is 3.54. The molecule has 0 spiro atoms. The van der Waals surface area contributed by atoms with Crippen molar-refractivity contribution in [3.63, 3.8) is 0 Å². The summed E-state index contributed by atoms with van der Waals surface area (Å²) >= 11 is 5.79. The number of anilines is 2. The summed E-state index contributed by atoms with van der Waals surface area (Å²) in [6, 6.07) is 14.0. The normalized spacial score (nSPS) is 11.0. The van der Waals surface area contributed by atoms with E-state index in [4.69, 9.17) is 11.6 Å². The molecule has 0 aromatic heterocycles. The molecule has 2 amide bonds. The number of para-hydroxylation sites is 1. The van der Waals surface area contributed by atoms with Crippen LogP contribution in [0.5, 0.6) is 0 Å². The Kier molecular flexibility index (Phi) is 5.06. The first-order chi connectivity index (χ1) is 10.8. The number of hydrogen-bond donors (Lipinski definition) is 2. The zero-order valence-corrected chi connectivity index (χ0v) is 14.1. The molecule has 0 saturated heterocycles. The van der Waals surface area contributed by atoms with Gasteiger partial charge >= 0.3 is 11.8 Å². The van der Waals surface area contributed by atoms with Crippen molar-refractivity contribution in [2.45, 2.75) is 26.2 Å². The van der Waals surface area contributed by atoms with Crippen molar-refractivity contribution in [1.82, 2.24) is 0 Å². The Morgan fingerprint density at radius 3 is 2.04 bits per heavy atom. The lowest BCUT2D eigenvalue weighted by Gasteiger charge is -2.22. The second-order valence-corrected chi connectivity index (χ2v) is 6.65. The first kappa shape index (κ1) is 17.0. The topological polar surface area (TPSA) is 58.2 Å². The number of carbonyl (C=O) groups excluding carboxylic acids is 2. The van der Waals surface area contributed by atoms with Gasteiger partial charge in [0.25, 0.3) is 0 Å². The monoisotopic (exact) mass is 330 g/mol. The van der Waals surface area contributed by atoms with Crippen LogP contribution in [0.1, 0.15) is 26.3 Å². The van der Waals surface area contributed by atoms with Crippen LogP contribution in [0.2, 0.25) is 5.02 Å². The van der Waals surface area contributed by atoms with Crippen LogP contribution in [0.15, 0.2) is 48.5 Å². The molecule has 0 heterocycles. The molecule has 4 nitrogen and oxygen atoms in total. The summed E-state index contributed by atoms with van der Waals surface area (Å²) in [6.07, 6.45) is 0. The number of benzene rings is 2. The second kappa shape index (κ2) is 6.84. The molecule has 5 heteroatoms. The van der Waals surface area contributed by atoms with Gasteiger partial charge in [0, 0.05) is 16.4 Å². The van der Waals surface area contributed by atoms with Crippen LogP contribution in [-0.4, -0.2) is 11.8 Å². The largest absolute Gasteiger partial charge is 0.318 e. The lowest BCUT2D eigenvalue weighted by molar-refractivity contribution is -0.133. The zero-order chi connectivity index (χ0) is 17.0. The van der Waals surface area contributed by atoms with Gasteiger partial charge in [0.2, 0.25) is 0 Å². The minimum atomic E-state index is -0.726. The molecule has 120 valence electrons. The van der Waals surface area contributed by atoms with Crippen LogP contribution < -0.4 is 10.6 Å². The minimum absolute atomic E-state index is 0.142. The van der Waals surface area contributed by atoms with E-state index in [0.29, 0.717) is 16.4 Å². The average molecular weight is 331 g/mol. The summed E-state index contributed by atoms with van der Waals surface area (Å²) < 4.78 is 0. The molecule has 23 heavy (non-hydrogen) atoms. The van der Waals surface area contributed by atoms with E-state index in [1.807, 2.05) is 39.0 Å². The first-order valence-corrected chi connectivity index (χ1v) is 7.62. The van der Waals surface area contributed by atoms with Gasteiger partial charge in [0.1, 0.15) is 0 Å². The van der Waals surface area contributed by atoms with Crippen LogP contribution >= 0.6 is 11.6 Å². The van der Waals surface area contributed by atoms with E-state index in [1.54, 1.807) is 30.3 Å². The fraction of sp³-hybridized carbons (Fsp3) is 0.222. The number of amides is 2. The van der Waals surface area contributed by atoms with Gasteiger partial charge in [0.05, 0.1) is 0 Å². The maximum atomic E-state index is 12.1. The van der Waals surface area contributed by atoms with Crippen LogP contribution in [0.4, 0.5) is 11.4 Å². The van der Waals surface area contributed by atoms with Crippen molar-refractivity contribution in [3.05, 3.63) is 59.1 Å². The quantitative estimate of drug-likeness (QED) is 0.810. The number of rotatable bonds is 2. The number of hydrogen-bond acceptors (Lipinski definition) is 2. The zero-order valence-electron chi connectivity index (χ0n) is 13.3. The lowest BCUT2D eigenvalue weighted by Crippen LogP contribution is -2.30. The summed E-state index contributed by atoms with van der Waals surface area (Å²) in [5.74, 6) is -1.44. The molecule has 2 rings (SSSR count). The van der Waals surface area contributed by atoms with Gasteiger partial charge < -0.3 is 10.6 Å². The van der Waals surface area contributed by atoms with Gasteiger partial charge in [0.15, 0.2) is 0 Å². The summed E-state index contributed by atoms with van der Waals surface area (Å²) in [5, 5.41) is 5.77. The van der Waals surface area contributed by atoms with Crippen LogP contribution in [0.3, 0.4) is 0 Å². The fourth-order valence-electron chi connectivity index (χ4n) is 2.15. The molecule has 0 unspecified atom stereocenters. The summed E-state index contributed by atoms with van der Waals surface area (Å²) in [5.41, 5.74) is 1.97. The van der Waals surface area contributed by atoms with Crippen molar-refractivity contribution in [2.75, 3.05) is 10.6 Å². The third-order valence-electron chi connectivity index (χ3n) is 3.29. The molecule has 2 aromatic rings. The minimum Gasteiger partial charge on any atom is -0.318 e. The van der Waals surface area contributed by atoms with Crippen LogP contribution in [0, 0.1) is 0 Å². The highest BCUT2D eigenvalue weighted by Crippen LogP contribution is 2.29. The van der Waals surface area contributed by atoms with Crippen LogP contribution in [-0.2, 0) is 15.0 Å². The molecule has 0 aliphatic rings. The van der Waals surface area contributed by atoms with E-state index in [2.05, 4.69) is 10.6 Å². The van der Waals surface area contributed by atoms with Crippen molar-refractivity contribution in [1.29, 1.82) is 0 Å². The fourth-order valence-corrected chi connectivity index (χ4v) is 2.27. The SMILES string of the molecule is CC(C)(C)c1ccccc1NC(=O)C(=O)Nc1ccc(Cl)cc1. The summed E-state index contributed by atoms with van der Waals surface area (Å²) in [7, 11) is 0. The van der Waals surface area contributed by atoms with Gasteiger partial charge in [-0.25, -0.2) is 0 Å². The highest BCUT2D eigenvalue weighted by molar-refractivity contribution is 6.43. The molecular weight excluding hydrogens is 312 g/mol. The first-order valence-electron chi connectivity index (χ1n) is 7.25. The van der Waals surface area contributed by atoms with Gasteiger partial charge in [-0.1, -0.05) is 50.6 Å². The predicted octanol–water partition coefficient (Wildman–Crippen LogP) is 4.21. The van der Waals surface area contributed by atoms with E-state index < -0.39 is 11.8 Å². The number of halogens is 1. The van der Waals surface area contributed by atoms with E-state index in [0.717, 1.165) is 5.56 Å². The Balaban J connectivity index is 2.10. The molecular formula is C18H19ClN2O2. The van der Waals surface area contributed by atoms with Gasteiger partial charge in [-0.05, 0) is 41.3 Å². The van der Waals surface area contributed by atoms with Gasteiger partial charge in [-0.2, -0.15) is 0 Å². The lowest BCUT2D eigenvalue weighted by atomic mass is 9.86. The highest BCUT2D eigenvalue weighted by atomic mass is 35.5. The smallest absolute Gasteiger partial charge is 0.314 e. The molecule has 2 aromatic carbocycles. The Morgan fingerprint density at radius 2 is 1.43 bits per heavy atom. The van der Waals surface area contributed by atoms with Gasteiger partial charge in [-0.3, -0.25) is 9.59 Å². The maximum Gasteiger partial charge on any atom is 0.314 e. The van der Waals surface area contributed by atoms with Crippen LogP contribution in [0.25, 0.3) is 0 Å². The Labute approximate surface area is 140 Å². The van der Waals surface area contributed by atoms with Crippen molar-refractivity contribution < 1.29 is 9.59 Å². The third kappa shape index (κ3) is 4.57. The van der Waals surface area contributed by atoms with E-state index in [1.165, 1.54) is 0 Å². The summed E-state index contributed by atoms with van der Waals surface area (Å²) in [6.45, 7) is 6.14. The molecule has 0 radical (unpaired) electrons. The molecule has 2 N–H and O–H groups in total. The molecule has 0 atom stereocenters. The molecule has 0 bridgehead atoms. The molecule has 0 saturated carbocycles. The Bertz CT molecular complexity index is 719. The van der Waals surface area contributed by atoms with Crippen molar-refractivity contribution in [3.8, 4) is 0 Å². The maximum absolute atomic E-state index is 12.1. The van der Waals surface area contributed by atoms with Crippen molar-refractivity contribution in [2.24, 2.45) is 0 Å². The molecule has 0 aliphatic carbocycles. The Hall–Kier alpha value is -2.33. The second-order valence-electron chi connectivity index (χ2n) is 6.21.